The molecule has 20 heavy (non-hydrogen) atoms. The summed E-state index contributed by atoms with van der Waals surface area (Å²) in [7, 11) is 0. The molecule has 1 aliphatic rings. The SMILES string of the molecule is Cc1cnc(CN2CCN(CC(C)C)CC2)c(C)c1N. The molecule has 0 atom stereocenters. The van der Waals surface area contributed by atoms with Crippen LogP contribution >= 0.6 is 0 Å². The number of rotatable bonds is 4. The van der Waals surface area contributed by atoms with Crippen molar-refractivity contribution in [3.63, 3.8) is 0 Å². The number of pyridine rings is 1. The van der Waals surface area contributed by atoms with Crippen molar-refractivity contribution >= 4 is 5.69 Å². The Morgan fingerprint density at radius 1 is 1.15 bits per heavy atom. The Morgan fingerprint density at radius 2 is 1.75 bits per heavy atom. The number of nitrogens with two attached hydrogens (primary N) is 1. The molecule has 0 bridgehead atoms. The Balaban J connectivity index is 1.91. The lowest BCUT2D eigenvalue weighted by Gasteiger charge is -2.35. The topological polar surface area (TPSA) is 45.4 Å². The molecule has 0 unspecified atom stereocenters. The molecule has 1 aliphatic heterocycles. The Kier molecular flexibility index (Phi) is 5.00. The van der Waals surface area contributed by atoms with Gasteiger partial charge in [-0.25, -0.2) is 0 Å². The molecular formula is C16H28N4. The molecule has 0 radical (unpaired) electrons. The fourth-order valence-corrected chi connectivity index (χ4v) is 2.81. The zero-order chi connectivity index (χ0) is 14.7. The van der Waals surface area contributed by atoms with Gasteiger partial charge in [-0.3, -0.25) is 9.88 Å². The van der Waals surface area contributed by atoms with Gasteiger partial charge in [0.2, 0.25) is 0 Å². The predicted octanol–water partition coefficient (Wildman–Crippen LogP) is 2.05. The van der Waals surface area contributed by atoms with Gasteiger partial charge in [0.25, 0.3) is 0 Å². The first kappa shape index (κ1) is 15.3. The number of hydrogen-bond acceptors (Lipinski definition) is 4. The van der Waals surface area contributed by atoms with Crippen LogP contribution in [0.4, 0.5) is 5.69 Å². The highest BCUT2D eigenvalue weighted by molar-refractivity contribution is 5.53. The zero-order valence-electron chi connectivity index (χ0n) is 13.3. The fraction of sp³-hybridized carbons (Fsp3) is 0.688. The molecule has 1 saturated heterocycles. The molecule has 0 amide bonds. The quantitative estimate of drug-likeness (QED) is 0.914. The summed E-state index contributed by atoms with van der Waals surface area (Å²) in [5, 5.41) is 0. The molecule has 0 saturated carbocycles. The summed E-state index contributed by atoms with van der Waals surface area (Å²) in [5.74, 6) is 0.752. The Bertz CT molecular complexity index is 448. The minimum absolute atomic E-state index is 0.752. The summed E-state index contributed by atoms with van der Waals surface area (Å²) in [5.41, 5.74) is 10.3. The molecule has 2 heterocycles. The summed E-state index contributed by atoms with van der Waals surface area (Å²) in [4.78, 5) is 9.61. The maximum Gasteiger partial charge on any atom is 0.0593 e. The molecule has 4 nitrogen and oxygen atoms in total. The standard InChI is InChI=1S/C16H28N4/c1-12(2)10-19-5-7-20(8-6-19)11-15-14(4)16(17)13(3)9-18-15/h9,12H,5-8,10-11H2,1-4H3,(H2,17,18). The van der Waals surface area contributed by atoms with Gasteiger partial charge in [-0.15, -0.1) is 0 Å². The fourth-order valence-electron chi connectivity index (χ4n) is 2.81. The first-order chi connectivity index (χ1) is 9.47. The van der Waals surface area contributed by atoms with Crippen LogP contribution in [0, 0.1) is 19.8 Å². The van der Waals surface area contributed by atoms with E-state index in [1.807, 2.05) is 13.1 Å². The number of hydrogen-bond donors (Lipinski definition) is 1. The number of aryl methyl sites for hydroxylation is 1. The molecule has 1 fully saturated rings. The second kappa shape index (κ2) is 6.55. The molecule has 4 heteroatoms. The number of anilines is 1. The molecule has 2 rings (SSSR count). The van der Waals surface area contributed by atoms with E-state index in [-0.39, 0.29) is 0 Å². The van der Waals surface area contributed by atoms with Crippen molar-refractivity contribution in [2.45, 2.75) is 34.2 Å². The van der Waals surface area contributed by atoms with Crippen molar-refractivity contribution in [1.82, 2.24) is 14.8 Å². The van der Waals surface area contributed by atoms with Crippen LogP contribution in [-0.2, 0) is 6.54 Å². The Labute approximate surface area is 123 Å². The van der Waals surface area contributed by atoms with Crippen LogP contribution in [-0.4, -0.2) is 47.5 Å². The molecule has 0 spiro atoms. The van der Waals surface area contributed by atoms with Gasteiger partial charge in [0.15, 0.2) is 0 Å². The largest absolute Gasteiger partial charge is 0.398 e. The third-order valence-electron chi connectivity index (χ3n) is 4.14. The maximum atomic E-state index is 6.10. The minimum atomic E-state index is 0.752. The van der Waals surface area contributed by atoms with E-state index in [4.69, 9.17) is 5.73 Å². The van der Waals surface area contributed by atoms with E-state index in [2.05, 4.69) is 35.6 Å². The number of nitrogen functional groups attached to an aromatic ring is 1. The highest BCUT2D eigenvalue weighted by Gasteiger charge is 2.19. The molecule has 1 aromatic heterocycles. The number of piperazine rings is 1. The van der Waals surface area contributed by atoms with Crippen LogP contribution in [0.25, 0.3) is 0 Å². The predicted molar refractivity (Wildman–Crippen MR) is 84.7 cm³/mol. The van der Waals surface area contributed by atoms with E-state index >= 15 is 0 Å². The molecule has 2 N–H and O–H groups in total. The van der Waals surface area contributed by atoms with Gasteiger partial charge in [0.1, 0.15) is 0 Å². The lowest BCUT2D eigenvalue weighted by atomic mass is 10.1. The van der Waals surface area contributed by atoms with E-state index in [1.165, 1.54) is 19.6 Å². The van der Waals surface area contributed by atoms with Crippen molar-refractivity contribution in [3.8, 4) is 0 Å². The van der Waals surface area contributed by atoms with Crippen LogP contribution in [0.1, 0.15) is 30.7 Å². The summed E-state index contributed by atoms with van der Waals surface area (Å²) in [6, 6.07) is 0. The van der Waals surface area contributed by atoms with Crippen molar-refractivity contribution in [3.05, 3.63) is 23.0 Å². The van der Waals surface area contributed by atoms with E-state index in [9.17, 15) is 0 Å². The van der Waals surface area contributed by atoms with Crippen molar-refractivity contribution in [1.29, 1.82) is 0 Å². The van der Waals surface area contributed by atoms with Crippen LogP contribution in [0.2, 0.25) is 0 Å². The summed E-state index contributed by atoms with van der Waals surface area (Å²) in [6.07, 6.45) is 1.90. The summed E-state index contributed by atoms with van der Waals surface area (Å²) >= 11 is 0. The van der Waals surface area contributed by atoms with Crippen molar-refractivity contribution in [2.24, 2.45) is 5.92 Å². The third-order valence-corrected chi connectivity index (χ3v) is 4.14. The average Bonchev–Trinajstić information content (AvgIpc) is 2.41. The van der Waals surface area contributed by atoms with E-state index in [0.717, 1.165) is 48.1 Å². The van der Waals surface area contributed by atoms with Gasteiger partial charge < -0.3 is 10.6 Å². The molecule has 0 aromatic carbocycles. The lowest BCUT2D eigenvalue weighted by molar-refractivity contribution is 0.116. The van der Waals surface area contributed by atoms with Gasteiger partial charge in [0.05, 0.1) is 5.69 Å². The highest BCUT2D eigenvalue weighted by Crippen LogP contribution is 2.19. The van der Waals surface area contributed by atoms with Gasteiger partial charge >= 0.3 is 0 Å². The van der Waals surface area contributed by atoms with Crippen LogP contribution in [0.15, 0.2) is 6.20 Å². The monoisotopic (exact) mass is 276 g/mol. The van der Waals surface area contributed by atoms with E-state index in [0.29, 0.717) is 0 Å². The van der Waals surface area contributed by atoms with Crippen LogP contribution in [0.5, 0.6) is 0 Å². The van der Waals surface area contributed by atoms with E-state index < -0.39 is 0 Å². The van der Waals surface area contributed by atoms with Gasteiger partial charge in [-0.1, -0.05) is 13.8 Å². The minimum Gasteiger partial charge on any atom is -0.398 e. The Morgan fingerprint density at radius 3 is 2.35 bits per heavy atom. The lowest BCUT2D eigenvalue weighted by Crippen LogP contribution is -2.47. The molecule has 1 aromatic rings. The van der Waals surface area contributed by atoms with E-state index in [1.54, 1.807) is 0 Å². The molecular weight excluding hydrogens is 248 g/mol. The first-order valence-electron chi connectivity index (χ1n) is 7.62. The van der Waals surface area contributed by atoms with Gasteiger partial charge in [0, 0.05) is 51.2 Å². The smallest absolute Gasteiger partial charge is 0.0593 e. The highest BCUT2D eigenvalue weighted by atomic mass is 15.3. The summed E-state index contributed by atoms with van der Waals surface area (Å²) in [6.45, 7) is 15.4. The second-order valence-corrected chi connectivity index (χ2v) is 6.40. The second-order valence-electron chi connectivity index (χ2n) is 6.40. The van der Waals surface area contributed by atoms with Gasteiger partial charge in [-0.05, 0) is 30.9 Å². The third kappa shape index (κ3) is 3.70. The molecule has 112 valence electrons. The zero-order valence-corrected chi connectivity index (χ0v) is 13.3. The Hall–Kier alpha value is -1.13. The molecule has 0 aliphatic carbocycles. The van der Waals surface area contributed by atoms with Crippen molar-refractivity contribution in [2.75, 3.05) is 38.5 Å². The normalized spacial score (nSPS) is 17.9. The van der Waals surface area contributed by atoms with Gasteiger partial charge in [-0.2, -0.15) is 0 Å². The average molecular weight is 276 g/mol. The first-order valence-corrected chi connectivity index (χ1v) is 7.62. The summed E-state index contributed by atoms with van der Waals surface area (Å²) < 4.78 is 0. The number of nitrogens with zero attached hydrogens (tertiary/aromatic N) is 3. The maximum absolute atomic E-state index is 6.10. The van der Waals surface area contributed by atoms with Crippen LogP contribution in [0.3, 0.4) is 0 Å². The number of aromatic nitrogens is 1. The van der Waals surface area contributed by atoms with Crippen molar-refractivity contribution < 1.29 is 0 Å². The van der Waals surface area contributed by atoms with Crippen LogP contribution < -0.4 is 5.73 Å².